The molecule has 2 nitrogen and oxygen atoms in total. The molecular formula is C16H18BrNO. The van der Waals surface area contributed by atoms with Gasteiger partial charge in [0.2, 0.25) is 0 Å². The number of ether oxygens (including phenoxy) is 1. The highest BCUT2D eigenvalue weighted by atomic mass is 79.9. The summed E-state index contributed by atoms with van der Waals surface area (Å²) < 4.78 is 7.05. The Kier molecular flexibility index (Phi) is 4.15. The van der Waals surface area contributed by atoms with Gasteiger partial charge >= 0.3 is 0 Å². The van der Waals surface area contributed by atoms with Gasteiger partial charge in [0.05, 0.1) is 5.69 Å². The average Bonchev–Trinajstić information content (AvgIpc) is 2.35. The van der Waals surface area contributed by atoms with Crippen molar-refractivity contribution in [1.82, 2.24) is 0 Å². The van der Waals surface area contributed by atoms with Crippen LogP contribution in [0.2, 0.25) is 0 Å². The molecule has 0 spiro atoms. The van der Waals surface area contributed by atoms with Crippen molar-refractivity contribution >= 4 is 21.6 Å². The van der Waals surface area contributed by atoms with E-state index >= 15 is 0 Å². The molecule has 0 saturated carbocycles. The maximum atomic E-state index is 5.99. The quantitative estimate of drug-likeness (QED) is 0.783. The molecule has 2 aromatic carbocycles. The van der Waals surface area contributed by atoms with E-state index in [1.165, 1.54) is 0 Å². The molecule has 0 unspecified atom stereocenters. The molecule has 0 bridgehead atoms. The number of halogens is 1. The number of benzene rings is 2. The molecule has 100 valence electrons. The maximum Gasteiger partial charge on any atom is 0.150 e. The average molecular weight is 320 g/mol. The minimum atomic E-state index is 0.388. The Labute approximate surface area is 122 Å². The summed E-state index contributed by atoms with van der Waals surface area (Å²) in [5.74, 6) is 1.96. The van der Waals surface area contributed by atoms with E-state index in [9.17, 15) is 0 Å². The molecule has 0 radical (unpaired) electrons. The van der Waals surface area contributed by atoms with E-state index in [4.69, 9.17) is 10.5 Å². The number of nitrogens with two attached hydrogens (primary N) is 1. The van der Waals surface area contributed by atoms with Crippen LogP contribution in [0.15, 0.2) is 40.9 Å². The fourth-order valence-electron chi connectivity index (χ4n) is 1.91. The van der Waals surface area contributed by atoms with Gasteiger partial charge in [-0.05, 0) is 54.3 Å². The lowest BCUT2D eigenvalue weighted by Gasteiger charge is -2.15. The number of anilines is 1. The normalized spacial score (nSPS) is 10.8. The van der Waals surface area contributed by atoms with Gasteiger partial charge in [-0.2, -0.15) is 0 Å². The molecule has 3 heteroatoms. The van der Waals surface area contributed by atoms with Crippen LogP contribution in [-0.4, -0.2) is 0 Å². The summed E-state index contributed by atoms with van der Waals surface area (Å²) in [7, 11) is 0. The van der Waals surface area contributed by atoms with Crippen LogP contribution in [0.25, 0.3) is 0 Å². The van der Waals surface area contributed by atoms with E-state index in [-0.39, 0.29) is 0 Å². The predicted octanol–water partition coefficient (Wildman–Crippen LogP) is 5.26. The Bertz CT molecular complexity index is 593. The lowest BCUT2D eigenvalue weighted by Crippen LogP contribution is -1.97. The van der Waals surface area contributed by atoms with Crippen LogP contribution in [-0.2, 0) is 0 Å². The number of hydrogen-bond donors (Lipinski definition) is 1. The Balaban J connectivity index is 2.40. The topological polar surface area (TPSA) is 35.2 Å². The molecule has 19 heavy (non-hydrogen) atoms. The highest BCUT2D eigenvalue weighted by molar-refractivity contribution is 9.10. The summed E-state index contributed by atoms with van der Waals surface area (Å²) in [4.78, 5) is 0. The maximum absolute atomic E-state index is 5.99. The van der Waals surface area contributed by atoms with Crippen molar-refractivity contribution < 1.29 is 4.74 Å². The summed E-state index contributed by atoms with van der Waals surface area (Å²) in [5.41, 5.74) is 8.91. The largest absolute Gasteiger partial charge is 0.455 e. The zero-order valence-electron chi connectivity index (χ0n) is 11.4. The van der Waals surface area contributed by atoms with E-state index in [2.05, 4.69) is 35.8 Å². The van der Waals surface area contributed by atoms with Crippen LogP contribution < -0.4 is 10.5 Å². The molecule has 2 aromatic rings. The van der Waals surface area contributed by atoms with Crippen LogP contribution in [0.4, 0.5) is 5.69 Å². The molecule has 0 aromatic heterocycles. The van der Waals surface area contributed by atoms with Gasteiger partial charge in [0.15, 0.2) is 5.75 Å². The van der Waals surface area contributed by atoms with Crippen molar-refractivity contribution in [3.05, 3.63) is 52.0 Å². The molecule has 0 amide bonds. The smallest absolute Gasteiger partial charge is 0.150 e. The number of aryl methyl sites for hydroxylation is 1. The first-order valence-corrected chi connectivity index (χ1v) is 7.10. The lowest BCUT2D eigenvalue weighted by atomic mass is 10.0. The first kappa shape index (κ1) is 13.9. The summed E-state index contributed by atoms with van der Waals surface area (Å²) in [6.07, 6.45) is 0. The second kappa shape index (κ2) is 5.66. The van der Waals surface area contributed by atoms with Gasteiger partial charge in [0, 0.05) is 4.47 Å². The fraction of sp³-hybridized carbons (Fsp3) is 0.250. The van der Waals surface area contributed by atoms with Gasteiger partial charge in [-0.15, -0.1) is 0 Å². The first-order valence-electron chi connectivity index (χ1n) is 6.31. The fourth-order valence-corrected chi connectivity index (χ4v) is 2.29. The Morgan fingerprint density at radius 2 is 1.79 bits per heavy atom. The number of hydrogen-bond acceptors (Lipinski definition) is 2. The van der Waals surface area contributed by atoms with Crippen LogP contribution in [0, 0.1) is 6.92 Å². The standard InChI is InChI=1S/C16H18BrNO/c1-10(2)13-9-12(17)5-7-15(13)19-16-8-11(3)4-6-14(16)18/h4-10H,18H2,1-3H3. The monoisotopic (exact) mass is 319 g/mol. The molecule has 0 aliphatic rings. The summed E-state index contributed by atoms with van der Waals surface area (Å²) in [6.45, 7) is 6.32. The second-order valence-corrected chi connectivity index (χ2v) is 5.90. The van der Waals surface area contributed by atoms with Gasteiger partial charge in [-0.25, -0.2) is 0 Å². The van der Waals surface area contributed by atoms with Crippen LogP contribution in [0.1, 0.15) is 30.9 Å². The Hall–Kier alpha value is -1.48. The van der Waals surface area contributed by atoms with Crippen molar-refractivity contribution in [2.75, 3.05) is 5.73 Å². The van der Waals surface area contributed by atoms with E-state index in [0.717, 1.165) is 21.3 Å². The van der Waals surface area contributed by atoms with Crippen LogP contribution >= 0.6 is 15.9 Å². The third-order valence-electron chi connectivity index (χ3n) is 2.98. The summed E-state index contributed by atoms with van der Waals surface area (Å²) in [6, 6.07) is 11.9. The first-order chi connectivity index (χ1) is 8.97. The van der Waals surface area contributed by atoms with Gasteiger partial charge in [-0.3, -0.25) is 0 Å². The zero-order chi connectivity index (χ0) is 14.0. The minimum absolute atomic E-state index is 0.388. The molecule has 2 N–H and O–H groups in total. The molecule has 0 atom stereocenters. The van der Waals surface area contributed by atoms with E-state index in [1.807, 2.05) is 37.3 Å². The van der Waals surface area contributed by atoms with Crippen LogP contribution in [0.5, 0.6) is 11.5 Å². The van der Waals surface area contributed by atoms with Gasteiger partial charge in [0.25, 0.3) is 0 Å². The SMILES string of the molecule is Cc1ccc(N)c(Oc2ccc(Br)cc2C(C)C)c1. The molecule has 0 aliphatic carbocycles. The van der Waals surface area contributed by atoms with E-state index in [0.29, 0.717) is 17.4 Å². The third kappa shape index (κ3) is 3.29. The minimum Gasteiger partial charge on any atom is -0.455 e. The van der Waals surface area contributed by atoms with E-state index < -0.39 is 0 Å². The predicted molar refractivity (Wildman–Crippen MR) is 83.9 cm³/mol. The summed E-state index contributed by atoms with van der Waals surface area (Å²) >= 11 is 3.50. The summed E-state index contributed by atoms with van der Waals surface area (Å²) in [5, 5.41) is 0. The molecule has 2 rings (SSSR count). The highest BCUT2D eigenvalue weighted by Gasteiger charge is 2.11. The molecule has 0 heterocycles. The van der Waals surface area contributed by atoms with Crippen molar-refractivity contribution in [2.45, 2.75) is 26.7 Å². The van der Waals surface area contributed by atoms with Crippen molar-refractivity contribution in [2.24, 2.45) is 0 Å². The molecule has 0 saturated heterocycles. The molecule has 0 fully saturated rings. The number of rotatable bonds is 3. The van der Waals surface area contributed by atoms with Crippen molar-refractivity contribution in [1.29, 1.82) is 0 Å². The van der Waals surface area contributed by atoms with Gasteiger partial charge in [-0.1, -0.05) is 35.8 Å². The van der Waals surface area contributed by atoms with Gasteiger partial charge in [0.1, 0.15) is 5.75 Å². The second-order valence-electron chi connectivity index (χ2n) is 4.98. The number of nitrogen functional groups attached to an aromatic ring is 1. The Morgan fingerprint density at radius 3 is 2.47 bits per heavy atom. The molecular weight excluding hydrogens is 302 g/mol. The molecule has 0 aliphatic heterocycles. The lowest BCUT2D eigenvalue weighted by molar-refractivity contribution is 0.475. The third-order valence-corrected chi connectivity index (χ3v) is 3.48. The zero-order valence-corrected chi connectivity index (χ0v) is 13.0. The van der Waals surface area contributed by atoms with E-state index in [1.54, 1.807) is 0 Å². The Morgan fingerprint density at radius 1 is 1.05 bits per heavy atom. The van der Waals surface area contributed by atoms with Crippen molar-refractivity contribution in [3.8, 4) is 11.5 Å². The van der Waals surface area contributed by atoms with Gasteiger partial charge < -0.3 is 10.5 Å². The van der Waals surface area contributed by atoms with Crippen LogP contribution in [0.3, 0.4) is 0 Å². The van der Waals surface area contributed by atoms with Crippen molar-refractivity contribution in [3.63, 3.8) is 0 Å². The highest BCUT2D eigenvalue weighted by Crippen LogP contribution is 2.35.